The molecular formula is C21H24ClN7. The Morgan fingerprint density at radius 3 is 2.62 bits per heavy atom. The fourth-order valence-corrected chi connectivity index (χ4v) is 3.36. The molecule has 2 aliphatic heterocycles. The number of nitrogens with zero attached hydrogens (tertiary/aromatic N) is 6. The lowest BCUT2D eigenvalue weighted by Gasteiger charge is -2.32. The van der Waals surface area contributed by atoms with Crippen LogP contribution in [-0.4, -0.2) is 65.5 Å². The molecule has 0 amide bonds. The first-order chi connectivity index (χ1) is 14.0. The van der Waals surface area contributed by atoms with Crippen molar-refractivity contribution in [2.75, 3.05) is 50.0 Å². The van der Waals surface area contributed by atoms with E-state index >= 15 is 0 Å². The Morgan fingerprint density at radius 1 is 1.07 bits per heavy atom. The van der Waals surface area contributed by atoms with Crippen LogP contribution in [0.3, 0.4) is 0 Å². The van der Waals surface area contributed by atoms with Gasteiger partial charge in [0.1, 0.15) is 5.84 Å². The van der Waals surface area contributed by atoms with Gasteiger partial charge in [-0.3, -0.25) is 4.99 Å². The number of amidine groups is 1. The van der Waals surface area contributed by atoms with Crippen LogP contribution in [0.25, 0.3) is 12.2 Å². The van der Waals surface area contributed by atoms with Crippen LogP contribution in [0.1, 0.15) is 18.3 Å². The zero-order valence-electron chi connectivity index (χ0n) is 16.6. The Kier molecular flexibility index (Phi) is 5.87. The van der Waals surface area contributed by atoms with Crippen LogP contribution < -0.4 is 10.2 Å². The Hall–Kier alpha value is -2.77. The molecule has 150 valence electrons. The van der Waals surface area contributed by atoms with Crippen LogP contribution in [-0.2, 0) is 0 Å². The molecule has 1 fully saturated rings. The maximum Gasteiger partial charge on any atom is 0.233 e. The third kappa shape index (κ3) is 5.19. The zero-order valence-corrected chi connectivity index (χ0v) is 17.4. The summed E-state index contributed by atoms with van der Waals surface area (Å²) >= 11 is 6.08. The van der Waals surface area contributed by atoms with E-state index in [9.17, 15) is 0 Å². The molecule has 1 N–H and O–H groups in total. The van der Waals surface area contributed by atoms with Crippen LogP contribution in [0.15, 0.2) is 40.9 Å². The lowest BCUT2D eigenvalue weighted by Crippen LogP contribution is -2.45. The minimum absolute atomic E-state index is 0.504. The van der Waals surface area contributed by atoms with E-state index < -0.39 is 0 Å². The van der Waals surface area contributed by atoms with Gasteiger partial charge in [-0.2, -0.15) is 15.0 Å². The maximum absolute atomic E-state index is 6.08. The fraction of sp³-hybridized carbons (Fsp3) is 0.333. The molecule has 7 nitrogen and oxygen atoms in total. The van der Waals surface area contributed by atoms with E-state index in [2.05, 4.69) is 49.0 Å². The number of aliphatic imine (C=N–C) groups is 1. The third-order valence-electron chi connectivity index (χ3n) is 4.82. The lowest BCUT2D eigenvalue weighted by molar-refractivity contribution is 0.311. The lowest BCUT2D eigenvalue weighted by atomic mass is 10.2. The summed E-state index contributed by atoms with van der Waals surface area (Å²) in [5.41, 5.74) is 2.20. The third-order valence-corrected chi connectivity index (χ3v) is 5.06. The number of rotatable bonds is 4. The van der Waals surface area contributed by atoms with Crippen molar-refractivity contribution in [3.05, 3.63) is 52.3 Å². The van der Waals surface area contributed by atoms with Crippen molar-refractivity contribution in [3.8, 4) is 0 Å². The summed E-state index contributed by atoms with van der Waals surface area (Å²) in [5.74, 6) is 2.56. The molecule has 1 aromatic carbocycles. The fourth-order valence-electron chi connectivity index (χ4n) is 3.16. The van der Waals surface area contributed by atoms with E-state index in [0.717, 1.165) is 37.6 Å². The van der Waals surface area contributed by atoms with Crippen molar-refractivity contribution in [2.45, 2.75) is 6.92 Å². The molecule has 1 saturated heterocycles. The molecule has 8 heteroatoms. The van der Waals surface area contributed by atoms with E-state index in [1.54, 1.807) is 0 Å². The summed E-state index contributed by atoms with van der Waals surface area (Å²) in [4.78, 5) is 22.9. The van der Waals surface area contributed by atoms with Gasteiger partial charge in [0.15, 0.2) is 5.82 Å². The first-order valence-electron chi connectivity index (χ1n) is 9.67. The molecule has 1 aromatic heterocycles. The molecule has 0 aliphatic carbocycles. The van der Waals surface area contributed by atoms with Gasteiger partial charge in [-0.1, -0.05) is 29.8 Å². The normalized spacial score (nSPS) is 17.6. The maximum atomic E-state index is 6.08. The number of likely N-dealkylation sites (N-methyl/N-ethyl adjacent to an activating group) is 1. The average Bonchev–Trinajstić information content (AvgIpc) is 3.11. The summed E-state index contributed by atoms with van der Waals surface area (Å²) < 4.78 is 0. The molecule has 2 aliphatic rings. The van der Waals surface area contributed by atoms with Crippen molar-refractivity contribution in [1.82, 2.24) is 19.9 Å². The molecular weight excluding hydrogens is 386 g/mol. The van der Waals surface area contributed by atoms with Gasteiger partial charge in [-0.25, -0.2) is 0 Å². The van der Waals surface area contributed by atoms with Crippen molar-refractivity contribution in [1.29, 1.82) is 0 Å². The highest BCUT2D eigenvalue weighted by molar-refractivity contribution is 6.30. The first kappa shape index (κ1) is 19.5. The molecule has 4 rings (SSSR count). The molecule has 2 aromatic rings. The molecule has 29 heavy (non-hydrogen) atoms. The number of hydrogen-bond acceptors (Lipinski definition) is 7. The molecule has 0 atom stereocenters. The molecule has 0 bridgehead atoms. The van der Waals surface area contributed by atoms with E-state index in [1.165, 1.54) is 5.57 Å². The monoisotopic (exact) mass is 409 g/mol. The van der Waals surface area contributed by atoms with Crippen LogP contribution in [0, 0.1) is 0 Å². The summed E-state index contributed by atoms with van der Waals surface area (Å²) in [5, 5.41) is 3.93. The van der Waals surface area contributed by atoms with Gasteiger partial charge >= 0.3 is 0 Å². The van der Waals surface area contributed by atoms with Gasteiger partial charge in [-0.15, -0.1) is 0 Å². The van der Waals surface area contributed by atoms with Gasteiger partial charge in [0.2, 0.25) is 11.9 Å². The highest BCUT2D eigenvalue weighted by Crippen LogP contribution is 2.17. The van der Waals surface area contributed by atoms with Gasteiger partial charge in [-0.05, 0) is 49.4 Å². The van der Waals surface area contributed by atoms with E-state index in [-0.39, 0.29) is 0 Å². The first-order valence-corrected chi connectivity index (χ1v) is 10.0. The second-order valence-corrected chi connectivity index (χ2v) is 7.75. The van der Waals surface area contributed by atoms with Crippen molar-refractivity contribution >= 4 is 41.5 Å². The molecule has 3 heterocycles. The van der Waals surface area contributed by atoms with Crippen molar-refractivity contribution < 1.29 is 0 Å². The van der Waals surface area contributed by atoms with Crippen molar-refractivity contribution in [3.63, 3.8) is 0 Å². The quantitative estimate of drug-likeness (QED) is 0.836. The SMILES string of the molecule is CC1=CC(Nc2nc(/C=C/c3cccc(Cl)c3)nc(N3CCN(C)CC3)n2)=NC1. The summed E-state index contributed by atoms with van der Waals surface area (Å²) in [6, 6.07) is 7.67. The van der Waals surface area contributed by atoms with Crippen LogP contribution >= 0.6 is 11.6 Å². The van der Waals surface area contributed by atoms with Gasteiger partial charge in [0.05, 0.1) is 6.54 Å². The Morgan fingerprint density at radius 2 is 1.90 bits per heavy atom. The Balaban J connectivity index is 1.62. The summed E-state index contributed by atoms with van der Waals surface area (Å²) in [6.45, 7) is 6.50. The van der Waals surface area contributed by atoms with E-state index in [4.69, 9.17) is 11.6 Å². The number of piperazine rings is 1. The number of hydrogen-bond donors (Lipinski definition) is 1. The topological polar surface area (TPSA) is 69.5 Å². The smallest absolute Gasteiger partial charge is 0.233 e. The Labute approximate surface area is 175 Å². The average molecular weight is 410 g/mol. The number of nitrogens with one attached hydrogen (secondary N) is 1. The van der Waals surface area contributed by atoms with Gasteiger partial charge in [0.25, 0.3) is 0 Å². The van der Waals surface area contributed by atoms with Crippen LogP contribution in [0.2, 0.25) is 5.02 Å². The zero-order chi connectivity index (χ0) is 20.2. The van der Waals surface area contributed by atoms with Gasteiger partial charge < -0.3 is 15.1 Å². The number of benzene rings is 1. The molecule has 0 radical (unpaired) electrons. The van der Waals surface area contributed by atoms with Gasteiger partial charge in [0, 0.05) is 31.2 Å². The molecule has 0 spiro atoms. The highest BCUT2D eigenvalue weighted by Gasteiger charge is 2.18. The predicted molar refractivity (Wildman–Crippen MR) is 120 cm³/mol. The summed E-state index contributed by atoms with van der Waals surface area (Å²) in [7, 11) is 2.13. The number of anilines is 2. The Bertz CT molecular complexity index is 975. The molecule has 0 saturated carbocycles. The van der Waals surface area contributed by atoms with E-state index in [1.807, 2.05) is 42.5 Å². The number of halogens is 1. The van der Waals surface area contributed by atoms with Crippen molar-refractivity contribution in [2.24, 2.45) is 4.99 Å². The predicted octanol–water partition coefficient (Wildman–Crippen LogP) is 3.22. The van der Waals surface area contributed by atoms with Crippen LogP contribution in [0.5, 0.6) is 0 Å². The van der Waals surface area contributed by atoms with E-state index in [0.29, 0.717) is 29.3 Å². The minimum Gasteiger partial charge on any atom is -0.338 e. The second kappa shape index (κ2) is 8.71. The molecule has 0 unspecified atom stereocenters. The largest absolute Gasteiger partial charge is 0.338 e. The minimum atomic E-state index is 0.504. The van der Waals surface area contributed by atoms with Crippen LogP contribution in [0.4, 0.5) is 11.9 Å². The standard InChI is InChI=1S/C21H24ClN7/c1-15-12-19(23-14-15)25-20-24-18(7-6-16-4-3-5-17(22)13-16)26-21(27-20)29-10-8-28(2)9-11-29/h3-7,12-13H,8-11,14H2,1-2H3,(H,23,24,25,26,27)/b7-6+. The second-order valence-electron chi connectivity index (χ2n) is 7.31. The highest BCUT2D eigenvalue weighted by atomic mass is 35.5. The number of aromatic nitrogens is 3. The summed E-state index contributed by atoms with van der Waals surface area (Å²) in [6.07, 6.45) is 5.85.